The first-order valence-corrected chi connectivity index (χ1v) is 8.28. The third-order valence-electron chi connectivity index (χ3n) is 4.05. The van der Waals surface area contributed by atoms with Crippen LogP contribution in [0.3, 0.4) is 0 Å². The van der Waals surface area contributed by atoms with Gasteiger partial charge in [0, 0.05) is 21.8 Å². The van der Waals surface area contributed by atoms with Gasteiger partial charge in [0.05, 0.1) is 10.7 Å². The highest BCUT2D eigenvalue weighted by Gasteiger charge is 2.36. The van der Waals surface area contributed by atoms with Gasteiger partial charge in [-0.3, -0.25) is 0 Å². The van der Waals surface area contributed by atoms with Gasteiger partial charge in [-0.2, -0.15) is 0 Å². The lowest BCUT2D eigenvalue weighted by Crippen LogP contribution is -2.39. The van der Waals surface area contributed by atoms with E-state index in [-0.39, 0.29) is 0 Å². The van der Waals surface area contributed by atoms with Crippen molar-refractivity contribution in [3.63, 3.8) is 0 Å². The van der Waals surface area contributed by atoms with Crippen LogP contribution in [0.2, 0.25) is 0 Å². The van der Waals surface area contributed by atoms with Gasteiger partial charge in [-0.15, -0.1) is 11.3 Å². The number of nitrogens with zero attached hydrogens (tertiary/aromatic N) is 1. The van der Waals surface area contributed by atoms with Crippen LogP contribution in [0.25, 0.3) is 11.3 Å². The molecular formula is C15H17BrN2S. The monoisotopic (exact) mass is 336 g/mol. The van der Waals surface area contributed by atoms with Gasteiger partial charge in [0.1, 0.15) is 0 Å². The van der Waals surface area contributed by atoms with Gasteiger partial charge < -0.3 is 5.73 Å². The highest BCUT2D eigenvalue weighted by Crippen LogP contribution is 2.43. The first-order chi connectivity index (χ1) is 9.21. The molecule has 100 valence electrons. The second-order valence-electron chi connectivity index (χ2n) is 5.37. The average molecular weight is 337 g/mol. The number of hydrogen-bond donors (Lipinski definition) is 1. The smallest absolute Gasteiger partial charge is 0.0938 e. The zero-order chi connectivity index (χ0) is 13.3. The lowest BCUT2D eigenvalue weighted by molar-refractivity contribution is 0.145. The highest BCUT2D eigenvalue weighted by atomic mass is 79.9. The maximum absolute atomic E-state index is 5.93. The molecule has 0 bridgehead atoms. The van der Waals surface area contributed by atoms with E-state index in [4.69, 9.17) is 10.7 Å². The zero-order valence-corrected chi connectivity index (χ0v) is 13.1. The molecule has 2 nitrogen and oxygen atoms in total. The molecule has 0 radical (unpaired) electrons. The van der Waals surface area contributed by atoms with Crippen LogP contribution in [0.4, 0.5) is 0 Å². The summed E-state index contributed by atoms with van der Waals surface area (Å²) < 4.78 is 1.09. The molecule has 0 spiro atoms. The van der Waals surface area contributed by atoms with Gasteiger partial charge in [-0.1, -0.05) is 34.5 Å². The zero-order valence-electron chi connectivity index (χ0n) is 10.7. The lowest BCUT2D eigenvalue weighted by atomic mass is 9.67. The van der Waals surface area contributed by atoms with Crippen LogP contribution in [-0.4, -0.2) is 11.5 Å². The molecule has 2 aromatic rings. The standard InChI is InChI=1S/C15H17BrN2S/c16-12-4-1-3-11(7-12)13-9-19-14(18-13)8-15(10-17)5-2-6-15/h1,3-4,7,9H,2,5-6,8,10,17H2. The van der Waals surface area contributed by atoms with E-state index >= 15 is 0 Å². The third-order valence-corrected chi connectivity index (χ3v) is 5.39. The Morgan fingerprint density at radius 1 is 1.37 bits per heavy atom. The quantitative estimate of drug-likeness (QED) is 0.906. The number of aromatic nitrogens is 1. The van der Waals surface area contributed by atoms with Gasteiger partial charge >= 0.3 is 0 Å². The molecule has 1 aromatic heterocycles. The van der Waals surface area contributed by atoms with Gasteiger partial charge in [-0.05, 0) is 36.9 Å². The van der Waals surface area contributed by atoms with Crippen molar-refractivity contribution in [3.8, 4) is 11.3 Å². The van der Waals surface area contributed by atoms with Crippen molar-refractivity contribution in [2.45, 2.75) is 25.7 Å². The van der Waals surface area contributed by atoms with Crippen molar-refractivity contribution in [1.82, 2.24) is 4.98 Å². The molecule has 19 heavy (non-hydrogen) atoms. The van der Waals surface area contributed by atoms with E-state index < -0.39 is 0 Å². The number of benzene rings is 1. The Morgan fingerprint density at radius 2 is 2.21 bits per heavy atom. The number of nitrogens with two attached hydrogens (primary N) is 1. The molecule has 1 aliphatic rings. The molecule has 1 heterocycles. The molecule has 1 saturated carbocycles. The fourth-order valence-electron chi connectivity index (χ4n) is 2.62. The third kappa shape index (κ3) is 2.76. The molecule has 0 unspecified atom stereocenters. The van der Waals surface area contributed by atoms with Crippen LogP contribution in [0.5, 0.6) is 0 Å². The van der Waals surface area contributed by atoms with Gasteiger partial charge in [0.15, 0.2) is 0 Å². The Hall–Kier alpha value is -0.710. The largest absolute Gasteiger partial charge is 0.330 e. The van der Waals surface area contributed by atoms with E-state index in [0.29, 0.717) is 5.41 Å². The molecule has 4 heteroatoms. The molecular weight excluding hydrogens is 320 g/mol. The number of hydrogen-bond acceptors (Lipinski definition) is 3. The van der Waals surface area contributed by atoms with E-state index in [1.807, 2.05) is 12.1 Å². The van der Waals surface area contributed by atoms with Gasteiger partial charge in [-0.25, -0.2) is 4.98 Å². The summed E-state index contributed by atoms with van der Waals surface area (Å²) in [6.45, 7) is 0.790. The summed E-state index contributed by atoms with van der Waals surface area (Å²) in [6, 6.07) is 8.30. The Kier molecular flexibility index (Phi) is 3.74. The molecule has 2 N–H and O–H groups in total. The number of rotatable bonds is 4. The molecule has 1 aromatic carbocycles. The number of thiazole rings is 1. The molecule has 0 saturated heterocycles. The van der Waals surface area contributed by atoms with E-state index in [9.17, 15) is 0 Å². The molecule has 3 rings (SSSR count). The van der Waals surface area contributed by atoms with E-state index in [2.05, 4.69) is 33.4 Å². The fraction of sp³-hybridized carbons (Fsp3) is 0.400. The predicted molar refractivity (Wildman–Crippen MR) is 84.3 cm³/mol. The van der Waals surface area contributed by atoms with Crippen molar-refractivity contribution >= 4 is 27.3 Å². The normalized spacial score (nSPS) is 17.2. The summed E-state index contributed by atoms with van der Waals surface area (Å²) >= 11 is 5.27. The summed E-state index contributed by atoms with van der Waals surface area (Å²) in [5.41, 5.74) is 8.51. The van der Waals surface area contributed by atoms with Crippen LogP contribution < -0.4 is 5.73 Å². The summed E-state index contributed by atoms with van der Waals surface area (Å²) in [7, 11) is 0. The molecule has 1 fully saturated rings. The summed E-state index contributed by atoms with van der Waals surface area (Å²) in [4.78, 5) is 4.78. The molecule has 0 atom stereocenters. The second kappa shape index (κ2) is 5.35. The minimum Gasteiger partial charge on any atom is -0.330 e. The van der Waals surface area contributed by atoms with Crippen molar-refractivity contribution in [3.05, 3.63) is 39.1 Å². The van der Waals surface area contributed by atoms with E-state index in [1.54, 1.807) is 11.3 Å². The summed E-state index contributed by atoms with van der Waals surface area (Å²) in [5.74, 6) is 0. The van der Waals surface area contributed by atoms with Crippen molar-refractivity contribution in [1.29, 1.82) is 0 Å². The maximum Gasteiger partial charge on any atom is 0.0938 e. The highest BCUT2D eigenvalue weighted by molar-refractivity contribution is 9.10. The summed E-state index contributed by atoms with van der Waals surface area (Å²) in [6.07, 6.45) is 4.88. The van der Waals surface area contributed by atoms with Crippen LogP contribution in [-0.2, 0) is 6.42 Å². The summed E-state index contributed by atoms with van der Waals surface area (Å²) in [5, 5.41) is 3.38. The van der Waals surface area contributed by atoms with Crippen LogP contribution in [0.15, 0.2) is 34.1 Å². The first kappa shape index (κ1) is 13.3. The van der Waals surface area contributed by atoms with Crippen molar-refractivity contribution in [2.75, 3.05) is 6.54 Å². The molecule has 1 aliphatic carbocycles. The Labute approximate surface area is 126 Å². The Balaban J connectivity index is 1.80. The fourth-order valence-corrected chi connectivity index (χ4v) is 4.00. The van der Waals surface area contributed by atoms with E-state index in [1.165, 1.54) is 29.8 Å². The van der Waals surface area contributed by atoms with Crippen LogP contribution in [0.1, 0.15) is 24.3 Å². The Morgan fingerprint density at radius 3 is 2.84 bits per heavy atom. The predicted octanol–water partition coefficient (Wildman–Crippen LogP) is 4.24. The van der Waals surface area contributed by atoms with E-state index in [0.717, 1.165) is 23.1 Å². The van der Waals surface area contributed by atoms with Crippen LogP contribution >= 0.6 is 27.3 Å². The van der Waals surface area contributed by atoms with Gasteiger partial charge in [0.25, 0.3) is 0 Å². The topological polar surface area (TPSA) is 38.9 Å². The molecule has 0 amide bonds. The number of halogens is 1. The minimum absolute atomic E-state index is 0.340. The van der Waals surface area contributed by atoms with Gasteiger partial charge in [0.2, 0.25) is 0 Å². The SMILES string of the molecule is NCC1(Cc2nc(-c3cccc(Br)c3)cs2)CCC1. The van der Waals surface area contributed by atoms with Crippen molar-refractivity contribution in [2.24, 2.45) is 11.1 Å². The maximum atomic E-state index is 5.93. The Bertz CT molecular complexity index is 570. The average Bonchev–Trinajstić information content (AvgIpc) is 2.82. The second-order valence-corrected chi connectivity index (χ2v) is 7.23. The lowest BCUT2D eigenvalue weighted by Gasteiger charge is -2.40. The molecule has 0 aliphatic heterocycles. The van der Waals surface area contributed by atoms with Crippen molar-refractivity contribution < 1.29 is 0 Å². The minimum atomic E-state index is 0.340. The first-order valence-electron chi connectivity index (χ1n) is 6.61. The van der Waals surface area contributed by atoms with Crippen LogP contribution in [0, 0.1) is 5.41 Å².